The van der Waals surface area contributed by atoms with Crippen molar-refractivity contribution in [3.8, 4) is 5.75 Å². The van der Waals surface area contributed by atoms with Gasteiger partial charge in [-0.2, -0.15) is 0 Å². The van der Waals surface area contributed by atoms with Crippen LogP contribution in [0.1, 0.15) is 57.5 Å². The van der Waals surface area contributed by atoms with E-state index in [0.29, 0.717) is 5.92 Å². The first-order valence-electron chi connectivity index (χ1n) is 8.07. The number of benzene rings is 2. The van der Waals surface area contributed by atoms with Gasteiger partial charge in [0, 0.05) is 5.56 Å². The van der Waals surface area contributed by atoms with Crippen molar-refractivity contribution in [2.24, 2.45) is 0 Å². The molecular formula is C20H26O2. The van der Waals surface area contributed by atoms with E-state index < -0.39 is 0 Å². The second kappa shape index (κ2) is 8.00. The maximum absolute atomic E-state index is 6.06. The van der Waals surface area contributed by atoms with Gasteiger partial charge in [-0.1, -0.05) is 56.3 Å². The predicted molar refractivity (Wildman–Crippen MR) is 91.2 cm³/mol. The Labute approximate surface area is 134 Å². The van der Waals surface area contributed by atoms with Crippen molar-refractivity contribution < 1.29 is 9.47 Å². The Kier molecular flexibility index (Phi) is 6.02. The minimum Gasteiger partial charge on any atom is -0.461 e. The molecule has 2 rings (SSSR count). The largest absolute Gasteiger partial charge is 0.461 e. The van der Waals surface area contributed by atoms with Crippen LogP contribution < -0.4 is 4.74 Å². The third kappa shape index (κ3) is 4.60. The number of hydrogen-bond acceptors (Lipinski definition) is 2. The minimum absolute atomic E-state index is 0.101. The molecule has 0 radical (unpaired) electrons. The molecule has 0 aromatic heterocycles. The van der Waals surface area contributed by atoms with Crippen molar-refractivity contribution >= 4 is 0 Å². The van der Waals surface area contributed by atoms with E-state index in [-0.39, 0.29) is 12.4 Å². The molecule has 0 heterocycles. The molecule has 0 amide bonds. The summed E-state index contributed by atoms with van der Waals surface area (Å²) < 4.78 is 12.0. The van der Waals surface area contributed by atoms with Gasteiger partial charge in [0.2, 0.25) is 6.29 Å². The molecule has 118 valence electrons. The summed E-state index contributed by atoms with van der Waals surface area (Å²) in [7, 11) is 0. The summed E-state index contributed by atoms with van der Waals surface area (Å²) in [5.41, 5.74) is 2.37. The minimum atomic E-state index is -0.379. The number of ether oxygens (including phenoxy) is 2. The van der Waals surface area contributed by atoms with Crippen molar-refractivity contribution in [3.63, 3.8) is 0 Å². The van der Waals surface area contributed by atoms with Gasteiger partial charge >= 0.3 is 0 Å². The first-order valence-corrected chi connectivity index (χ1v) is 8.07. The lowest BCUT2D eigenvalue weighted by molar-refractivity contribution is -0.111. The molecule has 0 saturated heterocycles. The summed E-state index contributed by atoms with van der Waals surface area (Å²) in [4.78, 5) is 0. The Morgan fingerprint density at radius 3 is 2.00 bits per heavy atom. The fourth-order valence-corrected chi connectivity index (χ4v) is 2.27. The lowest BCUT2D eigenvalue weighted by Gasteiger charge is -2.22. The van der Waals surface area contributed by atoms with Crippen LogP contribution in [-0.2, 0) is 4.74 Å². The second-order valence-electron chi connectivity index (χ2n) is 5.92. The fourth-order valence-electron chi connectivity index (χ4n) is 2.27. The molecule has 0 spiro atoms. The maximum atomic E-state index is 6.06. The van der Waals surface area contributed by atoms with Crippen LogP contribution in [0.3, 0.4) is 0 Å². The molecule has 0 bridgehead atoms. The summed E-state index contributed by atoms with van der Waals surface area (Å²) >= 11 is 0. The third-order valence-electron chi connectivity index (χ3n) is 3.77. The van der Waals surface area contributed by atoms with E-state index in [1.54, 1.807) is 0 Å². The normalized spacial score (nSPS) is 13.9. The average Bonchev–Trinajstić information content (AvgIpc) is 2.54. The van der Waals surface area contributed by atoms with Crippen molar-refractivity contribution in [3.05, 3.63) is 65.7 Å². The molecule has 0 aliphatic rings. The molecule has 2 aromatic carbocycles. The van der Waals surface area contributed by atoms with Crippen molar-refractivity contribution in [2.45, 2.75) is 52.4 Å². The van der Waals surface area contributed by atoms with E-state index in [4.69, 9.17) is 9.47 Å². The summed E-state index contributed by atoms with van der Waals surface area (Å²) in [6.07, 6.45) is 0.865. The zero-order valence-electron chi connectivity index (χ0n) is 14.0. The fraction of sp³-hybridized carbons (Fsp3) is 0.400. The van der Waals surface area contributed by atoms with Crippen LogP contribution in [0.25, 0.3) is 0 Å². The molecule has 0 aliphatic carbocycles. The molecule has 22 heavy (non-hydrogen) atoms. The Balaban J connectivity index is 2.13. The summed E-state index contributed by atoms with van der Waals surface area (Å²) in [6, 6.07) is 18.4. The lowest BCUT2D eigenvalue weighted by atomic mass is 9.99. The number of rotatable bonds is 7. The molecule has 2 heteroatoms. The van der Waals surface area contributed by atoms with Gasteiger partial charge in [-0.25, -0.2) is 0 Å². The second-order valence-corrected chi connectivity index (χ2v) is 5.92. The number of hydrogen-bond donors (Lipinski definition) is 0. The predicted octanol–water partition coefficient (Wildman–Crippen LogP) is 5.70. The van der Waals surface area contributed by atoms with Gasteiger partial charge < -0.3 is 9.47 Å². The summed E-state index contributed by atoms with van der Waals surface area (Å²) in [5, 5.41) is 0. The molecule has 0 fully saturated rings. The Morgan fingerprint density at radius 2 is 1.45 bits per heavy atom. The maximum Gasteiger partial charge on any atom is 0.226 e. The van der Waals surface area contributed by atoms with Crippen LogP contribution in [0, 0.1) is 0 Å². The van der Waals surface area contributed by atoms with Crippen molar-refractivity contribution in [1.29, 1.82) is 0 Å². The van der Waals surface area contributed by atoms with E-state index in [1.807, 2.05) is 56.3 Å². The van der Waals surface area contributed by atoms with Gasteiger partial charge in [0.05, 0.1) is 6.10 Å². The molecule has 2 atom stereocenters. The Morgan fingerprint density at radius 1 is 0.818 bits per heavy atom. The Bertz CT molecular complexity index is 546. The van der Waals surface area contributed by atoms with E-state index in [1.165, 1.54) is 5.56 Å². The quantitative estimate of drug-likeness (QED) is 0.610. The highest BCUT2D eigenvalue weighted by molar-refractivity contribution is 5.30. The van der Waals surface area contributed by atoms with Crippen LogP contribution in [-0.4, -0.2) is 6.10 Å². The summed E-state index contributed by atoms with van der Waals surface area (Å²) in [6.45, 7) is 8.48. The van der Waals surface area contributed by atoms with Crippen LogP contribution in [0.5, 0.6) is 5.75 Å². The highest BCUT2D eigenvalue weighted by Gasteiger charge is 2.15. The van der Waals surface area contributed by atoms with Crippen LogP contribution in [0.2, 0.25) is 0 Å². The molecule has 0 saturated carbocycles. The average molecular weight is 298 g/mol. The third-order valence-corrected chi connectivity index (χ3v) is 3.77. The molecule has 2 aromatic rings. The highest BCUT2D eigenvalue weighted by Crippen LogP contribution is 2.26. The monoisotopic (exact) mass is 298 g/mol. The van der Waals surface area contributed by atoms with Gasteiger partial charge in [0.1, 0.15) is 5.75 Å². The van der Waals surface area contributed by atoms with E-state index in [2.05, 4.69) is 26.0 Å². The SMILES string of the molecule is CCC(C)c1ccc(OC(OC(C)C)c2ccccc2)cc1. The highest BCUT2D eigenvalue weighted by atomic mass is 16.7. The van der Waals surface area contributed by atoms with Crippen molar-refractivity contribution in [2.75, 3.05) is 0 Å². The zero-order valence-corrected chi connectivity index (χ0v) is 14.0. The molecule has 0 N–H and O–H groups in total. The van der Waals surface area contributed by atoms with Gasteiger partial charge in [-0.05, 0) is 43.9 Å². The van der Waals surface area contributed by atoms with Gasteiger partial charge in [-0.3, -0.25) is 0 Å². The lowest BCUT2D eigenvalue weighted by Crippen LogP contribution is -2.16. The molecule has 2 unspecified atom stereocenters. The first kappa shape index (κ1) is 16.6. The van der Waals surface area contributed by atoms with Gasteiger partial charge in [0.25, 0.3) is 0 Å². The van der Waals surface area contributed by atoms with Crippen LogP contribution >= 0.6 is 0 Å². The topological polar surface area (TPSA) is 18.5 Å². The summed E-state index contributed by atoms with van der Waals surface area (Å²) in [5.74, 6) is 1.41. The molecular weight excluding hydrogens is 272 g/mol. The Hall–Kier alpha value is -1.80. The first-order chi connectivity index (χ1) is 10.6. The smallest absolute Gasteiger partial charge is 0.226 e. The van der Waals surface area contributed by atoms with Crippen molar-refractivity contribution in [1.82, 2.24) is 0 Å². The van der Waals surface area contributed by atoms with Crippen LogP contribution in [0.4, 0.5) is 0 Å². The van der Waals surface area contributed by atoms with E-state index in [9.17, 15) is 0 Å². The molecule has 2 nitrogen and oxygen atoms in total. The van der Waals surface area contributed by atoms with Gasteiger partial charge in [0.15, 0.2) is 0 Å². The molecule has 0 aliphatic heterocycles. The van der Waals surface area contributed by atoms with Gasteiger partial charge in [-0.15, -0.1) is 0 Å². The van der Waals surface area contributed by atoms with E-state index in [0.717, 1.165) is 17.7 Å². The standard InChI is InChI=1S/C20H26O2/c1-5-16(4)17-11-13-19(14-12-17)22-20(21-15(2)3)18-9-7-6-8-10-18/h6-16,20H,5H2,1-4H3. The zero-order chi connectivity index (χ0) is 15.9. The van der Waals surface area contributed by atoms with E-state index >= 15 is 0 Å². The van der Waals surface area contributed by atoms with Crippen LogP contribution in [0.15, 0.2) is 54.6 Å².